The Labute approximate surface area is 57.1 Å². The van der Waals surface area contributed by atoms with E-state index in [9.17, 15) is 9.13 Å². The summed E-state index contributed by atoms with van der Waals surface area (Å²) in [5.41, 5.74) is 0. The molecule has 0 saturated heterocycles. The van der Waals surface area contributed by atoms with Crippen molar-refractivity contribution < 1.29 is 33.0 Å². The van der Waals surface area contributed by atoms with Crippen LogP contribution in [0.1, 0.15) is 0 Å². The zero-order valence-corrected chi connectivity index (χ0v) is 6.70. The van der Waals surface area contributed by atoms with Crippen molar-refractivity contribution in [3.05, 3.63) is 7.43 Å². The third-order valence-corrected chi connectivity index (χ3v) is 1.91. The van der Waals surface area contributed by atoms with Crippen LogP contribution in [0.2, 0.25) is 0 Å². The molecular formula is CH7O7P2. The van der Waals surface area contributed by atoms with E-state index in [-0.39, 0.29) is 7.43 Å². The van der Waals surface area contributed by atoms with Gasteiger partial charge in [0.1, 0.15) is 0 Å². The quantitative estimate of drug-likeness (QED) is 0.441. The van der Waals surface area contributed by atoms with Gasteiger partial charge < -0.3 is 19.6 Å². The van der Waals surface area contributed by atoms with Crippen LogP contribution in [0, 0.1) is 7.43 Å². The van der Waals surface area contributed by atoms with Crippen LogP contribution >= 0.6 is 15.6 Å². The molecule has 63 valence electrons. The fourth-order valence-corrected chi connectivity index (χ4v) is 1.25. The highest BCUT2D eigenvalue weighted by Crippen LogP contribution is 2.53. The van der Waals surface area contributed by atoms with Crippen LogP contribution < -0.4 is 0 Å². The van der Waals surface area contributed by atoms with Crippen LogP contribution in [0.15, 0.2) is 0 Å². The van der Waals surface area contributed by atoms with E-state index in [0.29, 0.717) is 0 Å². The van der Waals surface area contributed by atoms with Crippen molar-refractivity contribution in [2.24, 2.45) is 0 Å². The summed E-state index contributed by atoms with van der Waals surface area (Å²) in [7, 11) is -10.1. The molecular weight excluding hydrogens is 186 g/mol. The first-order valence-corrected chi connectivity index (χ1v) is 4.59. The van der Waals surface area contributed by atoms with Crippen LogP contribution in [-0.4, -0.2) is 19.6 Å². The molecule has 0 spiro atoms. The Morgan fingerprint density at radius 2 is 1.10 bits per heavy atom. The van der Waals surface area contributed by atoms with Crippen molar-refractivity contribution in [3.8, 4) is 0 Å². The second kappa shape index (κ2) is 3.59. The SMILES string of the molecule is O=P(O)(O)OP(=O)(O)O.[CH3]. The average Bonchev–Trinajstić information content (AvgIpc) is 1.14. The van der Waals surface area contributed by atoms with Gasteiger partial charge in [-0.2, -0.15) is 4.31 Å². The summed E-state index contributed by atoms with van der Waals surface area (Å²) in [4.78, 5) is 31.0. The van der Waals surface area contributed by atoms with Gasteiger partial charge in [0, 0.05) is 0 Å². The Morgan fingerprint density at radius 3 is 1.10 bits per heavy atom. The number of rotatable bonds is 2. The van der Waals surface area contributed by atoms with Gasteiger partial charge in [-0.25, -0.2) is 9.13 Å². The van der Waals surface area contributed by atoms with E-state index in [1.54, 1.807) is 0 Å². The van der Waals surface area contributed by atoms with Gasteiger partial charge in [0.05, 0.1) is 0 Å². The van der Waals surface area contributed by atoms with E-state index < -0.39 is 15.6 Å². The predicted octanol–water partition coefficient (Wildman–Crippen LogP) is -0.361. The lowest BCUT2D eigenvalue weighted by Crippen LogP contribution is -1.84. The molecule has 0 saturated carbocycles. The molecule has 0 fully saturated rings. The Kier molecular flexibility index (Phi) is 4.63. The maximum Gasteiger partial charge on any atom is 0.478 e. The van der Waals surface area contributed by atoms with Crippen molar-refractivity contribution in [1.29, 1.82) is 0 Å². The van der Waals surface area contributed by atoms with E-state index in [1.165, 1.54) is 0 Å². The van der Waals surface area contributed by atoms with Crippen LogP contribution in [0.3, 0.4) is 0 Å². The van der Waals surface area contributed by atoms with Crippen molar-refractivity contribution >= 4 is 15.6 Å². The summed E-state index contributed by atoms with van der Waals surface area (Å²) in [6, 6.07) is 0. The molecule has 9 heteroatoms. The van der Waals surface area contributed by atoms with E-state index in [4.69, 9.17) is 19.6 Å². The molecule has 0 aromatic heterocycles. The topological polar surface area (TPSA) is 124 Å². The maximum absolute atomic E-state index is 9.63. The van der Waals surface area contributed by atoms with E-state index >= 15 is 0 Å². The normalized spacial score (nSPS) is 12.4. The Hall–Kier alpha value is 0.260. The first-order valence-electron chi connectivity index (χ1n) is 1.53. The highest BCUT2D eigenvalue weighted by molar-refractivity contribution is 7.60. The lowest BCUT2D eigenvalue weighted by molar-refractivity contribution is 0.225. The van der Waals surface area contributed by atoms with Crippen molar-refractivity contribution in [2.75, 3.05) is 0 Å². The first-order chi connectivity index (χ1) is 3.71. The summed E-state index contributed by atoms with van der Waals surface area (Å²) in [6.45, 7) is 0. The fourth-order valence-electron chi connectivity index (χ4n) is 0.139. The molecule has 4 N–H and O–H groups in total. The fraction of sp³-hybridized carbons (Fsp3) is 0. The summed E-state index contributed by atoms with van der Waals surface area (Å²) in [5.74, 6) is 0. The standard InChI is InChI=1S/CH3.H4O7P2/c;1-8(2,3)7-9(4,5)6/h1H3;(H2,1,2,3)(H2,4,5,6). The minimum atomic E-state index is -5.05. The molecule has 0 amide bonds. The molecule has 0 atom stereocenters. The van der Waals surface area contributed by atoms with Crippen molar-refractivity contribution in [2.45, 2.75) is 0 Å². The molecule has 1 radical (unpaired) electrons. The van der Waals surface area contributed by atoms with Gasteiger partial charge in [-0.15, -0.1) is 0 Å². The monoisotopic (exact) mass is 193 g/mol. The third kappa shape index (κ3) is 11.1. The maximum atomic E-state index is 9.63. The molecule has 0 aliphatic rings. The number of phosphoric acid groups is 2. The highest BCUT2D eigenvalue weighted by Gasteiger charge is 2.27. The summed E-state index contributed by atoms with van der Waals surface area (Å²) in [5, 5.41) is 0. The minimum absolute atomic E-state index is 0. The predicted molar refractivity (Wildman–Crippen MR) is 31.6 cm³/mol. The molecule has 0 aliphatic heterocycles. The largest absolute Gasteiger partial charge is 0.478 e. The molecule has 0 aromatic rings. The summed E-state index contributed by atoms with van der Waals surface area (Å²) in [6.07, 6.45) is 0. The van der Waals surface area contributed by atoms with E-state index in [0.717, 1.165) is 0 Å². The second-order valence-electron chi connectivity index (χ2n) is 1.06. The zero-order chi connectivity index (χ0) is 7.71. The third-order valence-electron chi connectivity index (χ3n) is 0.213. The smallest absolute Gasteiger partial charge is 0.302 e. The number of hydrogen-bond acceptors (Lipinski definition) is 3. The van der Waals surface area contributed by atoms with Crippen LogP contribution in [0.5, 0.6) is 0 Å². The first kappa shape index (κ1) is 12.9. The summed E-state index contributed by atoms with van der Waals surface area (Å²) < 4.78 is 22.2. The molecule has 0 heterocycles. The van der Waals surface area contributed by atoms with Gasteiger partial charge in [0.15, 0.2) is 0 Å². The van der Waals surface area contributed by atoms with Gasteiger partial charge in [-0.1, -0.05) is 7.43 Å². The van der Waals surface area contributed by atoms with Crippen molar-refractivity contribution in [1.82, 2.24) is 0 Å². The minimum Gasteiger partial charge on any atom is -0.302 e. The molecule has 10 heavy (non-hydrogen) atoms. The molecule has 0 rings (SSSR count). The Balaban J connectivity index is 0. The molecule has 7 nitrogen and oxygen atoms in total. The van der Waals surface area contributed by atoms with Gasteiger partial charge in [-0.3, -0.25) is 0 Å². The lowest BCUT2D eigenvalue weighted by atomic mass is 12.0. The Morgan fingerprint density at radius 1 is 0.900 bits per heavy atom. The van der Waals surface area contributed by atoms with Crippen LogP contribution in [0.4, 0.5) is 0 Å². The van der Waals surface area contributed by atoms with E-state index in [1.807, 2.05) is 0 Å². The zero-order valence-electron chi connectivity index (χ0n) is 4.91. The molecule has 0 aromatic carbocycles. The van der Waals surface area contributed by atoms with Crippen LogP contribution in [0.25, 0.3) is 0 Å². The summed E-state index contributed by atoms with van der Waals surface area (Å²) >= 11 is 0. The van der Waals surface area contributed by atoms with Gasteiger partial charge in [-0.05, 0) is 0 Å². The number of hydrogen-bond donors (Lipinski definition) is 4. The van der Waals surface area contributed by atoms with Gasteiger partial charge in [0.2, 0.25) is 0 Å². The molecule has 0 unspecified atom stereocenters. The average molecular weight is 193 g/mol. The van der Waals surface area contributed by atoms with Crippen LogP contribution in [-0.2, 0) is 13.4 Å². The Bertz CT molecular complexity index is 152. The molecule has 0 bridgehead atoms. The highest BCUT2D eigenvalue weighted by atomic mass is 31.3. The van der Waals surface area contributed by atoms with Crippen molar-refractivity contribution in [3.63, 3.8) is 0 Å². The lowest BCUT2D eigenvalue weighted by Gasteiger charge is -2.03. The van der Waals surface area contributed by atoms with Gasteiger partial charge in [0.25, 0.3) is 0 Å². The van der Waals surface area contributed by atoms with E-state index in [2.05, 4.69) is 4.31 Å². The van der Waals surface area contributed by atoms with Gasteiger partial charge >= 0.3 is 15.6 Å². The second-order valence-corrected chi connectivity index (χ2v) is 3.68. The molecule has 0 aliphatic carbocycles.